The number of nitrogens with zero attached hydrogens (tertiary/aromatic N) is 1. The van der Waals surface area contributed by atoms with Crippen LogP contribution >= 0.6 is 0 Å². The largest absolute Gasteiger partial charge is 0.317 e. The molecule has 2 unspecified atom stereocenters. The number of likely N-dealkylation sites (tertiary alicyclic amines) is 1. The molecular formula is C14H28N2. The van der Waals surface area contributed by atoms with Crippen LogP contribution in [-0.2, 0) is 0 Å². The summed E-state index contributed by atoms with van der Waals surface area (Å²) in [6.45, 7) is 6.44. The zero-order valence-corrected chi connectivity index (χ0v) is 11.0. The van der Waals surface area contributed by atoms with E-state index < -0.39 is 0 Å². The quantitative estimate of drug-likeness (QED) is 0.792. The molecule has 1 aliphatic carbocycles. The first-order valence-electron chi connectivity index (χ1n) is 7.17. The Morgan fingerprint density at radius 1 is 1.12 bits per heavy atom. The molecule has 0 aromatic heterocycles. The molecule has 1 aliphatic heterocycles. The molecule has 1 heterocycles. The lowest BCUT2D eigenvalue weighted by Gasteiger charge is -2.36. The zero-order chi connectivity index (χ0) is 11.4. The molecule has 2 nitrogen and oxygen atoms in total. The first-order valence-corrected chi connectivity index (χ1v) is 7.17. The molecule has 1 saturated heterocycles. The molecule has 0 radical (unpaired) electrons. The molecular weight excluding hydrogens is 196 g/mol. The van der Waals surface area contributed by atoms with Crippen LogP contribution in [-0.4, -0.2) is 37.6 Å². The van der Waals surface area contributed by atoms with Crippen molar-refractivity contribution in [3.63, 3.8) is 0 Å². The summed E-state index contributed by atoms with van der Waals surface area (Å²) < 4.78 is 0. The van der Waals surface area contributed by atoms with Gasteiger partial charge in [-0.15, -0.1) is 0 Å². The van der Waals surface area contributed by atoms with Crippen LogP contribution in [0.25, 0.3) is 0 Å². The van der Waals surface area contributed by atoms with Gasteiger partial charge < -0.3 is 10.2 Å². The van der Waals surface area contributed by atoms with E-state index in [4.69, 9.17) is 0 Å². The highest BCUT2D eigenvalue weighted by molar-refractivity contribution is 4.79. The zero-order valence-electron chi connectivity index (χ0n) is 11.0. The summed E-state index contributed by atoms with van der Waals surface area (Å²) in [6, 6.07) is 0.779. The summed E-state index contributed by atoms with van der Waals surface area (Å²) in [5, 5.41) is 3.41. The number of hydrogen-bond donors (Lipinski definition) is 1. The van der Waals surface area contributed by atoms with Crippen molar-refractivity contribution in [1.29, 1.82) is 0 Å². The highest BCUT2D eigenvalue weighted by Crippen LogP contribution is 2.29. The van der Waals surface area contributed by atoms with Gasteiger partial charge in [0.15, 0.2) is 0 Å². The molecule has 2 atom stereocenters. The van der Waals surface area contributed by atoms with Gasteiger partial charge in [-0.05, 0) is 57.7 Å². The Bertz CT molecular complexity index is 197. The van der Waals surface area contributed by atoms with Gasteiger partial charge in [-0.3, -0.25) is 0 Å². The van der Waals surface area contributed by atoms with E-state index in [1.54, 1.807) is 0 Å². The van der Waals surface area contributed by atoms with Crippen LogP contribution in [0.5, 0.6) is 0 Å². The van der Waals surface area contributed by atoms with Gasteiger partial charge in [-0.1, -0.05) is 19.8 Å². The Morgan fingerprint density at radius 2 is 1.88 bits per heavy atom. The van der Waals surface area contributed by atoms with E-state index in [9.17, 15) is 0 Å². The van der Waals surface area contributed by atoms with Crippen molar-refractivity contribution < 1.29 is 0 Å². The van der Waals surface area contributed by atoms with Gasteiger partial charge in [0, 0.05) is 12.6 Å². The van der Waals surface area contributed by atoms with Crippen molar-refractivity contribution >= 4 is 0 Å². The minimum Gasteiger partial charge on any atom is -0.317 e. The predicted octanol–water partition coefficient (Wildman–Crippen LogP) is 2.50. The van der Waals surface area contributed by atoms with Crippen molar-refractivity contribution in [2.24, 2.45) is 11.8 Å². The van der Waals surface area contributed by atoms with Crippen LogP contribution in [0.2, 0.25) is 0 Å². The van der Waals surface area contributed by atoms with Gasteiger partial charge in [0.25, 0.3) is 0 Å². The third-order valence-corrected chi connectivity index (χ3v) is 4.56. The maximum atomic E-state index is 3.41. The molecule has 2 fully saturated rings. The molecule has 1 N–H and O–H groups in total. The maximum Gasteiger partial charge on any atom is 0.00884 e. The average molecular weight is 224 g/mol. The molecule has 2 aliphatic rings. The lowest BCUT2D eigenvalue weighted by molar-refractivity contribution is 0.145. The van der Waals surface area contributed by atoms with E-state index in [2.05, 4.69) is 24.2 Å². The summed E-state index contributed by atoms with van der Waals surface area (Å²) in [5.74, 6) is 1.98. The summed E-state index contributed by atoms with van der Waals surface area (Å²) in [7, 11) is 2.10. The fraction of sp³-hybridized carbons (Fsp3) is 1.00. The smallest absolute Gasteiger partial charge is 0.00884 e. The monoisotopic (exact) mass is 224 g/mol. The molecule has 1 saturated carbocycles. The number of hydrogen-bond acceptors (Lipinski definition) is 2. The molecule has 0 aromatic rings. The van der Waals surface area contributed by atoms with Gasteiger partial charge in [-0.2, -0.15) is 0 Å². The number of nitrogens with one attached hydrogen (secondary N) is 1. The topological polar surface area (TPSA) is 15.3 Å². The Morgan fingerprint density at radius 3 is 2.50 bits per heavy atom. The standard InChI is InChI=1S/C14H28N2/c1-12-4-3-5-13(10-12)11-16-8-6-14(15-2)7-9-16/h12-15H,3-11H2,1-2H3. The highest BCUT2D eigenvalue weighted by Gasteiger charge is 2.23. The lowest BCUT2D eigenvalue weighted by Crippen LogP contribution is -2.43. The van der Waals surface area contributed by atoms with Crippen molar-refractivity contribution in [1.82, 2.24) is 10.2 Å². The molecule has 94 valence electrons. The van der Waals surface area contributed by atoms with Crippen LogP contribution in [0.15, 0.2) is 0 Å². The Hall–Kier alpha value is -0.0800. The Balaban J connectivity index is 1.69. The van der Waals surface area contributed by atoms with Gasteiger partial charge in [0.2, 0.25) is 0 Å². The van der Waals surface area contributed by atoms with E-state index in [1.165, 1.54) is 58.2 Å². The molecule has 0 spiro atoms. The number of piperidine rings is 1. The molecule has 16 heavy (non-hydrogen) atoms. The lowest BCUT2D eigenvalue weighted by atomic mass is 9.82. The normalized spacial score (nSPS) is 34.1. The van der Waals surface area contributed by atoms with Crippen molar-refractivity contribution in [3.05, 3.63) is 0 Å². The summed E-state index contributed by atoms with van der Waals surface area (Å²) in [4.78, 5) is 2.70. The third-order valence-electron chi connectivity index (χ3n) is 4.56. The molecule has 2 heteroatoms. The van der Waals surface area contributed by atoms with E-state index in [0.717, 1.165) is 17.9 Å². The van der Waals surface area contributed by atoms with E-state index >= 15 is 0 Å². The Labute approximate surface area is 101 Å². The van der Waals surface area contributed by atoms with Crippen molar-refractivity contribution in [2.75, 3.05) is 26.7 Å². The van der Waals surface area contributed by atoms with Crippen LogP contribution in [0.3, 0.4) is 0 Å². The highest BCUT2D eigenvalue weighted by atomic mass is 15.1. The van der Waals surface area contributed by atoms with Gasteiger partial charge in [-0.25, -0.2) is 0 Å². The van der Waals surface area contributed by atoms with Crippen LogP contribution in [0, 0.1) is 11.8 Å². The fourth-order valence-electron chi connectivity index (χ4n) is 3.49. The van der Waals surface area contributed by atoms with Crippen LogP contribution in [0.4, 0.5) is 0 Å². The first-order chi connectivity index (χ1) is 7.78. The van der Waals surface area contributed by atoms with Crippen LogP contribution in [0.1, 0.15) is 45.4 Å². The van der Waals surface area contributed by atoms with E-state index in [1.807, 2.05) is 0 Å². The minimum atomic E-state index is 0.779. The second-order valence-electron chi connectivity index (χ2n) is 6.00. The molecule has 0 aromatic carbocycles. The second-order valence-corrected chi connectivity index (χ2v) is 6.00. The Kier molecular flexibility index (Phi) is 4.66. The molecule has 2 rings (SSSR count). The molecule has 0 amide bonds. The molecule has 0 bridgehead atoms. The second kappa shape index (κ2) is 6.02. The third kappa shape index (κ3) is 3.46. The maximum absolute atomic E-state index is 3.41. The fourth-order valence-corrected chi connectivity index (χ4v) is 3.49. The van der Waals surface area contributed by atoms with Crippen LogP contribution < -0.4 is 5.32 Å². The van der Waals surface area contributed by atoms with Crippen molar-refractivity contribution in [2.45, 2.75) is 51.5 Å². The summed E-state index contributed by atoms with van der Waals surface area (Å²) in [5.41, 5.74) is 0. The van der Waals surface area contributed by atoms with Crippen molar-refractivity contribution in [3.8, 4) is 0 Å². The summed E-state index contributed by atoms with van der Waals surface area (Å²) >= 11 is 0. The van der Waals surface area contributed by atoms with Gasteiger partial charge >= 0.3 is 0 Å². The van der Waals surface area contributed by atoms with Gasteiger partial charge in [0.1, 0.15) is 0 Å². The van der Waals surface area contributed by atoms with E-state index in [-0.39, 0.29) is 0 Å². The average Bonchev–Trinajstić information content (AvgIpc) is 2.30. The SMILES string of the molecule is CNC1CCN(CC2CCCC(C)C2)CC1. The number of rotatable bonds is 3. The first kappa shape index (κ1) is 12.4. The predicted molar refractivity (Wildman–Crippen MR) is 69.6 cm³/mol. The summed E-state index contributed by atoms with van der Waals surface area (Å²) in [6.07, 6.45) is 8.59. The van der Waals surface area contributed by atoms with Gasteiger partial charge in [0.05, 0.1) is 0 Å². The minimum absolute atomic E-state index is 0.779. The van der Waals surface area contributed by atoms with E-state index in [0.29, 0.717) is 0 Å².